The minimum atomic E-state index is -1.21. The summed E-state index contributed by atoms with van der Waals surface area (Å²) in [6.07, 6.45) is -1.00. The van der Waals surface area contributed by atoms with E-state index in [1.807, 2.05) is 32.0 Å². The number of methoxy groups -OCH3 is 2. The molecule has 3 aromatic rings. The van der Waals surface area contributed by atoms with Crippen LogP contribution in [0.5, 0.6) is 0 Å². The van der Waals surface area contributed by atoms with Crippen molar-refractivity contribution in [2.75, 3.05) is 41.4 Å². The molecule has 26 nitrogen and oxygen atoms in total. The van der Waals surface area contributed by atoms with Gasteiger partial charge in [-0.05, 0) is 73.5 Å². The Hall–Kier alpha value is -7.68. The lowest BCUT2D eigenvalue weighted by atomic mass is 9.87. The number of nitrogens with two attached hydrogens (primary N) is 1. The van der Waals surface area contributed by atoms with Crippen LogP contribution in [0.2, 0.25) is 0 Å². The van der Waals surface area contributed by atoms with E-state index in [0.717, 1.165) is 0 Å². The zero-order valence-electron chi connectivity index (χ0n) is 57.0. The molecule has 8 N–H and O–H groups in total. The molecule has 7 amide bonds. The molecule has 2 heterocycles. The minimum absolute atomic E-state index is 0.0910. The molecule has 0 bridgehead atoms. The summed E-state index contributed by atoms with van der Waals surface area (Å²) in [6.45, 7) is 19.4. The van der Waals surface area contributed by atoms with Crippen molar-refractivity contribution in [2.24, 2.45) is 41.2 Å². The number of aromatic nitrogens is 3. The number of nitrogens with one attached hydrogen (secondary N) is 4. The van der Waals surface area contributed by atoms with E-state index in [2.05, 4.69) is 31.6 Å². The van der Waals surface area contributed by atoms with Crippen LogP contribution in [0.15, 0.2) is 60.8 Å². The standard InChI is InChI=1S/C67H103N11O15/c1-16-41(8)60(54(91-14)33-56(82)78-30-20-23-51(78)62(92-15)43(10)63(86)69-44(11)61(85)47-21-18-17-19-22-47)75(12)66(89)58(39(4)5)72-65(88)59(40(6)7)76(13)67(90)93-37-46-26-24-45(25-27-46)31-52(79)50(34-68)71-64(87)48(38(2)3)32-53(80)49(28-29-57(83)84)70-55(81)36-77-35-42(9)73-74-77/h17-19,21-22,24-27,35,38-41,43-44,48-51,54,58-62,85H,16,20,23,28-34,36-37,68H2,1-15H3,(H,69,86)(H,70,81)(H,71,87)(H,72,88)(H,83,84)/t41-,43+,44+,48-,49-,50-,51-,54+,58-,59-,60-,61+,62+/m0/s1. The number of Topliss-reactive ketones (excluding diaryl/α,β-unsaturated/α-hetero) is 2. The summed E-state index contributed by atoms with van der Waals surface area (Å²) < 4.78 is 19.0. The first-order valence-corrected chi connectivity index (χ1v) is 32.3. The van der Waals surface area contributed by atoms with Gasteiger partial charge in [0.1, 0.15) is 31.3 Å². The minimum Gasteiger partial charge on any atom is -0.481 e. The van der Waals surface area contributed by atoms with E-state index in [4.69, 9.17) is 19.9 Å². The van der Waals surface area contributed by atoms with Gasteiger partial charge in [0.05, 0.1) is 60.5 Å². The number of aliphatic hydroxyl groups excluding tert-OH is 1. The van der Waals surface area contributed by atoms with Gasteiger partial charge in [0.15, 0.2) is 11.6 Å². The van der Waals surface area contributed by atoms with Crippen molar-refractivity contribution in [1.82, 2.24) is 51.0 Å². The van der Waals surface area contributed by atoms with Crippen molar-refractivity contribution in [3.63, 3.8) is 0 Å². The van der Waals surface area contributed by atoms with Gasteiger partial charge in [-0.25, -0.2) is 9.48 Å². The van der Waals surface area contributed by atoms with Gasteiger partial charge in [0.25, 0.3) is 0 Å². The second-order valence-electron chi connectivity index (χ2n) is 25.7. The fourth-order valence-corrected chi connectivity index (χ4v) is 12.0. The fraction of sp³-hybridized carbons (Fsp3) is 0.642. The Morgan fingerprint density at radius 2 is 1.40 bits per heavy atom. The summed E-state index contributed by atoms with van der Waals surface area (Å²) in [4.78, 5) is 141. The van der Waals surface area contributed by atoms with Gasteiger partial charge in [0, 0.05) is 72.8 Å². The third kappa shape index (κ3) is 22.5. The fourth-order valence-electron chi connectivity index (χ4n) is 12.0. The van der Waals surface area contributed by atoms with E-state index in [9.17, 15) is 58.2 Å². The number of likely N-dealkylation sites (tertiary alicyclic amines) is 1. The number of carboxylic acid groups (broad SMARTS) is 1. The smallest absolute Gasteiger partial charge is 0.410 e. The maximum absolute atomic E-state index is 14.8. The molecular weight excluding hydrogens is 1200 g/mol. The lowest BCUT2D eigenvalue weighted by Gasteiger charge is -2.41. The number of hydrogen-bond donors (Lipinski definition) is 7. The molecule has 1 fully saturated rings. The number of ether oxygens (including phenoxy) is 3. The van der Waals surface area contributed by atoms with Crippen molar-refractivity contribution in [1.29, 1.82) is 0 Å². The van der Waals surface area contributed by atoms with Crippen LogP contribution in [-0.2, 0) is 76.9 Å². The predicted molar refractivity (Wildman–Crippen MR) is 346 cm³/mol. The predicted octanol–water partition coefficient (Wildman–Crippen LogP) is 4.32. The van der Waals surface area contributed by atoms with Crippen LogP contribution in [0.1, 0.15) is 143 Å². The molecular formula is C67H103N11O15. The monoisotopic (exact) mass is 1300 g/mol. The van der Waals surface area contributed by atoms with Crippen LogP contribution < -0.4 is 27.0 Å². The Bertz CT molecular complexity index is 2960. The van der Waals surface area contributed by atoms with E-state index >= 15 is 0 Å². The Kier molecular flexibility index (Phi) is 31.2. The van der Waals surface area contributed by atoms with Crippen LogP contribution in [0.3, 0.4) is 0 Å². The van der Waals surface area contributed by atoms with E-state index in [-0.39, 0.29) is 63.1 Å². The number of aryl methyl sites for hydroxylation is 1. The van der Waals surface area contributed by atoms with Crippen LogP contribution in [0, 0.1) is 42.4 Å². The topological polar surface area (TPSA) is 353 Å². The van der Waals surface area contributed by atoms with Crippen molar-refractivity contribution in [3.05, 3.63) is 83.2 Å². The number of likely N-dealkylation sites (N-methyl/N-ethyl adjacent to an activating group) is 2. The van der Waals surface area contributed by atoms with E-state index in [1.165, 1.54) is 37.0 Å². The quantitative estimate of drug-likeness (QED) is 0.0420. The molecule has 2 aromatic carbocycles. The van der Waals surface area contributed by atoms with Crippen molar-refractivity contribution >= 4 is 59.1 Å². The molecule has 93 heavy (non-hydrogen) atoms. The highest BCUT2D eigenvalue weighted by Crippen LogP contribution is 2.31. The summed E-state index contributed by atoms with van der Waals surface area (Å²) in [5, 5.41) is 39.1. The number of carbonyl (C=O) groups excluding carboxylic acids is 9. The zero-order chi connectivity index (χ0) is 69.6. The molecule has 1 aromatic heterocycles. The summed E-state index contributed by atoms with van der Waals surface area (Å²) >= 11 is 0. The number of aliphatic carboxylic acids is 1. The van der Waals surface area contributed by atoms with Gasteiger partial charge in [0.2, 0.25) is 35.4 Å². The average molecular weight is 1300 g/mol. The summed E-state index contributed by atoms with van der Waals surface area (Å²) in [5.41, 5.74) is 8.35. The van der Waals surface area contributed by atoms with E-state index < -0.39 is 144 Å². The van der Waals surface area contributed by atoms with Crippen molar-refractivity contribution in [3.8, 4) is 0 Å². The molecule has 0 aliphatic carbocycles. The average Bonchev–Trinajstić information content (AvgIpc) is 1.92. The first-order valence-electron chi connectivity index (χ1n) is 32.3. The normalized spacial score (nSPS) is 17.1. The maximum atomic E-state index is 14.8. The van der Waals surface area contributed by atoms with E-state index in [0.29, 0.717) is 48.2 Å². The second-order valence-corrected chi connectivity index (χ2v) is 25.7. The van der Waals surface area contributed by atoms with Crippen molar-refractivity contribution in [2.45, 2.75) is 201 Å². The third-order valence-electron chi connectivity index (χ3n) is 17.7. The number of carbonyl (C=O) groups is 10. The molecule has 1 saturated heterocycles. The zero-order valence-corrected chi connectivity index (χ0v) is 57.0. The van der Waals surface area contributed by atoms with Gasteiger partial charge in [-0.3, -0.25) is 48.1 Å². The highest BCUT2D eigenvalue weighted by Gasteiger charge is 2.44. The molecule has 4 rings (SSSR count). The molecule has 13 atom stereocenters. The number of carboxylic acids is 1. The highest BCUT2D eigenvalue weighted by molar-refractivity contribution is 5.95. The second kappa shape index (κ2) is 37.3. The summed E-state index contributed by atoms with van der Waals surface area (Å²) in [7, 11) is 6.08. The van der Waals surface area contributed by atoms with Crippen LogP contribution >= 0.6 is 0 Å². The first kappa shape index (κ1) is 77.8. The van der Waals surface area contributed by atoms with Crippen molar-refractivity contribution < 1.29 is 72.4 Å². The lowest BCUT2D eigenvalue weighted by Crippen LogP contribution is -2.60. The van der Waals surface area contributed by atoms with E-state index in [1.54, 1.807) is 116 Å². The molecule has 0 radical (unpaired) electrons. The van der Waals surface area contributed by atoms with Gasteiger partial charge in [-0.2, -0.15) is 0 Å². The first-order chi connectivity index (χ1) is 43.9. The number of rotatable bonds is 38. The number of benzene rings is 2. The molecule has 0 unspecified atom stereocenters. The molecule has 1 aliphatic rings. The molecule has 0 spiro atoms. The maximum Gasteiger partial charge on any atom is 0.410 e. The van der Waals surface area contributed by atoms with Crippen LogP contribution in [0.4, 0.5) is 4.79 Å². The number of amides is 7. The largest absolute Gasteiger partial charge is 0.481 e. The Morgan fingerprint density at radius 3 is 1.95 bits per heavy atom. The Labute approximate surface area is 547 Å². The van der Waals surface area contributed by atoms with Crippen LogP contribution in [0.25, 0.3) is 0 Å². The molecule has 516 valence electrons. The summed E-state index contributed by atoms with van der Waals surface area (Å²) in [6, 6.07) is 9.53. The van der Waals surface area contributed by atoms with Gasteiger partial charge < -0.3 is 61.2 Å². The van der Waals surface area contributed by atoms with Gasteiger partial charge in [-0.15, -0.1) is 5.10 Å². The summed E-state index contributed by atoms with van der Waals surface area (Å²) in [5.74, 6) is -8.04. The number of ketones is 2. The van der Waals surface area contributed by atoms with Gasteiger partial charge in [-0.1, -0.05) is 129 Å². The number of hydrogen-bond acceptors (Lipinski definition) is 17. The Morgan fingerprint density at radius 1 is 0.753 bits per heavy atom. The SMILES string of the molecule is CC[C@H](C)[C@@H]([C@@H](CC(=O)N1CCC[C@H]1[C@H](OC)[C@@H](C)C(=O)N[C@H](C)[C@@H](O)c1ccccc1)OC)N(C)C(=O)[C@@H](NC(=O)[C@H](C(C)C)N(C)C(=O)OCc1ccc(CC(=O)[C@H](CN)NC(=O)[C@@H](CC(=O)[C@H](CCC(=O)O)NC(=O)Cn2cc(C)nn2)C(C)C)cc1)C(C)C. The number of aliphatic hydroxyl groups is 1. The lowest BCUT2D eigenvalue weighted by molar-refractivity contribution is -0.148. The van der Waals surface area contributed by atoms with Gasteiger partial charge >= 0.3 is 12.1 Å². The molecule has 1 aliphatic heterocycles. The van der Waals surface area contributed by atoms with Crippen LogP contribution in [-0.4, -0.2) is 195 Å². The number of nitrogens with zero attached hydrogens (tertiary/aromatic N) is 6. The Balaban J connectivity index is 1.37. The third-order valence-corrected chi connectivity index (χ3v) is 17.7. The molecule has 0 saturated carbocycles. The highest BCUT2D eigenvalue weighted by atomic mass is 16.6. The molecule has 26 heteroatoms.